The van der Waals surface area contributed by atoms with Gasteiger partial charge in [0.15, 0.2) is 5.13 Å². The summed E-state index contributed by atoms with van der Waals surface area (Å²) in [5.41, 5.74) is 3.09. The second-order valence-corrected chi connectivity index (χ2v) is 8.67. The number of rotatable bonds is 7. The minimum atomic E-state index is -0.217. The van der Waals surface area contributed by atoms with Crippen molar-refractivity contribution in [2.24, 2.45) is 0 Å². The number of ether oxygens (including phenoxy) is 1. The molecule has 2 heterocycles. The smallest absolute Gasteiger partial charge is 0.246 e. The summed E-state index contributed by atoms with van der Waals surface area (Å²) < 4.78 is 8.61. The molecular weight excluding hydrogens is 450 g/mol. The lowest BCUT2D eigenvalue weighted by atomic mass is 10.3. The number of amides is 2. The maximum absolute atomic E-state index is 12.9. The number of nitrogens with one attached hydrogen (secondary N) is 2. The van der Waals surface area contributed by atoms with Gasteiger partial charge in [-0.15, -0.1) is 0 Å². The Balaban J connectivity index is 1.35. The first-order valence-electron chi connectivity index (χ1n) is 10.7. The molecular formula is C25H21N5O3S. The highest BCUT2D eigenvalue weighted by atomic mass is 32.1. The van der Waals surface area contributed by atoms with Crippen molar-refractivity contribution in [1.82, 2.24) is 14.5 Å². The van der Waals surface area contributed by atoms with Gasteiger partial charge in [-0.2, -0.15) is 0 Å². The molecule has 0 radical (unpaired) electrons. The monoisotopic (exact) mass is 471 g/mol. The first kappa shape index (κ1) is 21.6. The fraction of sp³-hybridized carbons (Fsp3) is 0.120. The average molecular weight is 472 g/mol. The van der Waals surface area contributed by atoms with Gasteiger partial charge in [0.25, 0.3) is 0 Å². The van der Waals surface area contributed by atoms with Gasteiger partial charge in [-0.25, -0.2) is 9.97 Å². The van der Waals surface area contributed by atoms with Crippen molar-refractivity contribution in [2.45, 2.75) is 20.1 Å². The Morgan fingerprint density at radius 1 is 0.941 bits per heavy atom. The molecule has 5 aromatic rings. The van der Waals surface area contributed by atoms with Crippen molar-refractivity contribution in [1.29, 1.82) is 0 Å². The molecule has 0 aliphatic heterocycles. The van der Waals surface area contributed by atoms with Crippen LogP contribution < -0.4 is 15.4 Å². The number of benzene rings is 3. The number of nitrogens with zero attached hydrogens (tertiary/aromatic N) is 3. The first-order valence-corrected chi connectivity index (χ1v) is 11.5. The fourth-order valence-electron chi connectivity index (χ4n) is 3.64. The fourth-order valence-corrected chi connectivity index (χ4v) is 4.56. The summed E-state index contributed by atoms with van der Waals surface area (Å²) in [5, 5.41) is 6.13. The lowest BCUT2D eigenvalue weighted by Gasteiger charge is -2.10. The van der Waals surface area contributed by atoms with Crippen LogP contribution in [-0.4, -0.2) is 26.3 Å². The minimum Gasteiger partial charge on any atom is -0.486 e. The number of para-hydroxylation sites is 3. The van der Waals surface area contributed by atoms with E-state index in [0.29, 0.717) is 16.6 Å². The zero-order valence-electron chi connectivity index (χ0n) is 18.3. The van der Waals surface area contributed by atoms with E-state index in [0.717, 1.165) is 27.0 Å². The molecule has 34 heavy (non-hydrogen) atoms. The van der Waals surface area contributed by atoms with Crippen LogP contribution in [-0.2, 0) is 22.7 Å². The van der Waals surface area contributed by atoms with Gasteiger partial charge in [0.1, 0.15) is 24.7 Å². The maximum atomic E-state index is 12.9. The number of fused-ring (bicyclic) bond motifs is 2. The van der Waals surface area contributed by atoms with Crippen LogP contribution in [0.4, 0.5) is 10.8 Å². The third kappa shape index (κ3) is 4.74. The number of thiazole rings is 1. The summed E-state index contributed by atoms with van der Waals surface area (Å²) >= 11 is 1.35. The van der Waals surface area contributed by atoms with E-state index in [-0.39, 0.29) is 25.0 Å². The van der Waals surface area contributed by atoms with Crippen molar-refractivity contribution >= 4 is 55.2 Å². The number of imidazole rings is 1. The predicted octanol–water partition coefficient (Wildman–Crippen LogP) is 4.82. The minimum absolute atomic E-state index is 0.0705. The Kier molecular flexibility index (Phi) is 5.92. The molecule has 5 rings (SSSR count). The van der Waals surface area contributed by atoms with E-state index in [1.165, 1.54) is 18.3 Å². The Bertz CT molecular complexity index is 1490. The maximum Gasteiger partial charge on any atom is 0.246 e. The summed E-state index contributed by atoms with van der Waals surface area (Å²) in [7, 11) is 0. The van der Waals surface area contributed by atoms with Crippen LogP contribution in [0.2, 0.25) is 0 Å². The summed E-state index contributed by atoms with van der Waals surface area (Å²) in [6.07, 6.45) is 0. The van der Waals surface area contributed by atoms with Gasteiger partial charge in [0.2, 0.25) is 11.8 Å². The number of anilines is 2. The average Bonchev–Trinajstić information content (AvgIpc) is 3.38. The van der Waals surface area contributed by atoms with Gasteiger partial charge in [0.05, 0.1) is 21.3 Å². The van der Waals surface area contributed by atoms with E-state index < -0.39 is 0 Å². The molecule has 0 saturated carbocycles. The molecule has 170 valence electrons. The summed E-state index contributed by atoms with van der Waals surface area (Å²) in [4.78, 5) is 33.4. The van der Waals surface area contributed by atoms with Crippen molar-refractivity contribution < 1.29 is 14.3 Å². The lowest BCUT2D eigenvalue weighted by molar-refractivity contribution is -0.117. The Morgan fingerprint density at radius 2 is 1.74 bits per heavy atom. The second-order valence-electron chi connectivity index (χ2n) is 7.64. The van der Waals surface area contributed by atoms with Gasteiger partial charge in [-0.1, -0.05) is 41.7 Å². The molecule has 0 aliphatic rings. The third-order valence-corrected chi connectivity index (χ3v) is 6.04. The summed E-state index contributed by atoms with van der Waals surface area (Å²) in [6.45, 7) is 1.77. The normalized spacial score (nSPS) is 11.0. The predicted molar refractivity (Wildman–Crippen MR) is 133 cm³/mol. The molecule has 0 aliphatic carbocycles. The number of hydrogen-bond acceptors (Lipinski definition) is 6. The lowest BCUT2D eigenvalue weighted by Crippen LogP contribution is -2.20. The Morgan fingerprint density at radius 3 is 2.56 bits per heavy atom. The highest BCUT2D eigenvalue weighted by Crippen LogP contribution is 2.28. The molecule has 9 heteroatoms. The molecule has 0 bridgehead atoms. The van der Waals surface area contributed by atoms with E-state index in [4.69, 9.17) is 4.74 Å². The quantitative estimate of drug-likeness (QED) is 0.355. The third-order valence-electron chi connectivity index (χ3n) is 5.10. The Labute approximate surface area is 199 Å². The SMILES string of the molecule is CC(=O)Nc1ccc2nc(NC(=O)Cn3c(COc4ccccc4)nc4ccccc43)sc2c1. The van der Waals surface area contributed by atoms with E-state index in [2.05, 4.69) is 20.6 Å². The largest absolute Gasteiger partial charge is 0.486 e. The van der Waals surface area contributed by atoms with Crippen molar-refractivity contribution in [2.75, 3.05) is 10.6 Å². The van der Waals surface area contributed by atoms with Gasteiger partial charge in [-0.3, -0.25) is 9.59 Å². The number of carbonyl (C=O) groups excluding carboxylic acids is 2. The molecule has 0 saturated heterocycles. The molecule has 8 nitrogen and oxygen atoms in total. The van der Waals surface area contributed by atoms with E-state index in [1.54, 1.807) is 6.07 Å². The van der Waals surface area contributed by atoms with Crippen LogP contribution in [0.1, 0.15) is 12.7 Å². The van der Waals surface area contributed by atoms with Gasteiger partial charge >= 0.3 is 0 Å². The van der Waals surface area contributed by atoms with Crippen LogP contribution in [0.5, 0.6) is 5.75 Å². The molecule has 3 aromatic carbocycles. The van der Waals surface area contributed by atoms with Crippen molar-refractivity contribution in [3.8, 4) is 5.75 Å². The number of aromatic nitrogens is 3. The molecule has 2 aromatic heterocycles. The zero-order valence-corrected chi connectivity index (χ0v) is 19.1. The Hall–Kier alpha value is -4.24. The highest BCUT2D eigenvalue weighted by molar-refractivity contribution is 7.22. The molecule has 2 amide bonds. The van der Waals surface area contributed by atoms with Gasteiger partial charge in [-0.05, 0) is 42.5 Å². The number of hydrogen-bond donors (Lipinski definition) is 2. The highest BCUT2D eigenvalue weighted by Gasteiger charge is 2.16. The van der Waals surface area contributed by atoms with Crippen molar-refractivity contribution in [3.05, 3.63) is 78.6 Å². The molecule has 0 unspecified atom stereocenters. The van der Waals surface area contributed by atoms with E-state index in [1.807, 2.05) is 71.3 Å². The molecule has 2 N–H and O–H groups in total. The summed E-state index contributed by atoms with van der Waals surface area (Å²) in [6, 6.07) is 22.6. The van der Waals surface area contributed by atoms with E-state index >= 15 is 0 Å². The molecule has 0 fully saturated rings. The van der Waals surface area contributed by atoms with Crippen LogP contribution in [0.3, 0.4) is 0 Å². The molecule has 0 spiro atoms. The number of carbonyl (C=O) groups is 2. The second kappa shape index (κ2) is 9.32. The zero-order chi connectivity index (χ0) is 23.5. The van der Waals surface area contributed by atoms with Crippen LogP contribution >= 0.6 is 11.3 Å². The van der Waals surface area contributed by atoms with E-state index in [9.17, 15) is 9.59 Å². The van der Waals surface area contributed by atoms with Gasteiger partial charge < -0.3 is 19.9 Å². The van der Waals surface area contributed by atoms with Crippen LogP contribution in [0.25, 0.3) is 21.3 Å². The van der Waals surface area contributed by atoms with Crippen LogP contribution in [0.15, 0.2) is 72.8 Å². The topological polar surface area (TPSA) is 98.1 Å². The summed E-state index contributed by atoms with van der Waals surface area (Å²) in [5.74, 6) is 1.03. The first-order chi connectivity index (χ1) is 16.5. The standard InChI is InChI=1S/C25H21N5O3S/c1-16(31)26-17-11-12-20-22(13-17)34-25(28-20)29-24(32)14-30-21-10-6-5-9-19(21)27-23(30)15-33-18-7-3-2-4-8-18/h2-13H,14-15H2,1H3,(H,26,31)(H,28,29,32). The molecule has 0 atom stereocenters. The van der Waals surface area contributed by atoms with Gasteiger partial charge in [0, 0.05) is 12.6 Å². The van der Waals surface area contributed by atoms with Crippen LogP contribution in [0, 0.1) is 0 Å². The van der Waals surface area contributed by atoms with Crippen molar-refractivity contribution in [3.63, 3.8) is 0 Å².